The normalized spacial score (nSPS) is 14.1. The monoisotopic (exact) mass is 259 g/mol. The summed E-state index contributed by atoms with van der Waals surface area (Å²) in [4.78, 5) is 2.39. The summed E-state index contributed by atoms with van der Waals surface area (Å²) in [6, 6.07) is 12.0. The van der Waals surface area contributed by atoms with E-state index in [-0.39, 0.29) is 0 Å². The third kappa shape index (κ3) is 4.66. The van der Waals surface area contributed by atoms with Crippen LogP contribution in [0.2, 0.25) is 0 Å². The predicted octanol–water partition coefficient (Wildman–Crippen LogP) is 2.88. The van der Waals surface area contributed by atoms with Gasteiger partial charge in [-0.1, -0.05) is 44.2 Å². The summed E-state index contributed by atoms with van der Waals surface area (Å²) in [6.45, 7) is 7.38. The van der Waals surface area contributed by atoms with Crippen molar-refractivity contribution in [1.29, 1.82) is 5.26 Å². The van der Waals surface area contributed by atoms with Crippen molar-refractivity contribution in [2.45, 2.75) is 38.6 Å². The van der Waals surface area contributed by atoms with Crippen LogP contribution in [0.1, 0.15) is 38.7 Å². The molecule has 1 unspecified atom stereocenters. The number of nitrogens with two attached hydrogens (primary N) is 1. The molecule has 104 valence electrons. The molecule has 0 aliphatic heterocycles. The number of nitriles is 1. The van der Waals surface area contributed by atoms with Crippen LogP contribution in [0.3, 0.4) is 0 Å². The lowest BCUT2D eigenvalue weighted by Crippen LogP contribution is -2.39. The lowest BCUT2D eigenvalue weighted by Gasteiger charge is -2.27. The van der Waals surface area contributed by atoms with Crippen molar-refractivity contribution in [3.05, 3.63) is 35.9 Å². The number of hydrogen-bond donors (Lipinski definition) is 1. The fraction of sp³-hybridized carbons (Fsp3) is 0.562. The molecule has 1 aromatic carbocycles. The molecule has 0 saturated heterocycles. The van der Waals surface area contributed by atoms with Gasteiger partial charge in [-0.25, -0.2) is 0 Å². The molecule has 0 radical (unpaired) electrons. The largest absolute Gasteiger partial charge is 0.310 e. The van der Waals surface area contributed by atoms with Gasteiger partial charge >= 0.3 is 0 Å². The lowest BCUT2D eigenvalue weighted by atomic mass is 9.89. The molecule has 19 heavy (non-hydrogen) atoms. The zero-order valence-electron chi connectivity index (χ0n) is 12.1. The molecule has 3 nitrogen and oxygen atoms in total. The van der Waals surface area contributed by atoms with Crippen LogP contribution < -0.4 is 5.73 Å². The van der Waals surface area contributed by atoms with Gasteiger partial charge in [0.1, 0.15) is 5.54 Å². The van der Waals surface area contributed by atoms with E-state index in [1.807, 2.05) is 30.3 Å². The molecule has 0 aliphatic rings. The fourth-order valence-electron chi connectivity index (χ4n) is 2.30. The summed E-state index contributed by atoms with van der Waals surface area (Å²) in [6.07, 6.45) is 2.94. The Kier molecular flexibility index (Phi) is 6.55. The summed E-state index contributed by atoms with van der Waals surface area (Å²) in [5.41, 5.74) is 6.31. The van der Waals surface area contributed by atoms with Gasteiger partial charge in [-0.15, -0.1) is 0 Å². The van der Waals surface area contributed by atoms with Crippen LogP contribution in [0, 0.1) is 11.3 Å². The highest BCUT2D eigenvalue weighted by molar-refractivity contribution is 5.30. The number of rotatable bonds is 8. The van der Waals surface area contributed by atoms with Gasteiger partial charge in [-0.05, 0) is 37.9 Å². The maximum atomic E-state index is 9.42. The zero-order valence-corrected chi connectivity index (χ0v) is 12.1. The van der Waals surface area contributed by atoms with Crippen molar-refractivity contribution in [1.82, 2.24) is 4.90 Å². The minimum atomic E-state index is -0.874. The fourth-order valence-corrected chi connectivity index (χ4v) is 2.30. The molecule has 0 aromatic heterocycles. The molecule has 0 fully saturated rings. The van der Waals surface area contributed by atoms with Crippen LogP contribution in [0.4, 0.5) is 0 Å². The second-order valence-corrected chi connectivity index (χ2v) is 5.04. The SMILES string of the molecule is CCCN(CCC)CCC(N)(C#N)c1ccccc1. The minimum absolute atomic E-state index is 0.674. The van der Waals surface area contributed by atoms with Crippen LogP contribution in [-0.4, -0.2) is 24.5 Å². The van der Waals surface area contributed by atoms with Gasteiger partial charge in [0, 0.05) is 6.54 Å². The lowest BCUT2D eigenvalue weighted by molar-refractivity contribution is 0.253. The molecule has 0 spiro atoms. The van der Waals surface area contributed by atoms with Crippen molar-refractivity contribution in [2.75, 3.05) is 19.6 Å². The van der Waals surface area contributed by atoms with Crippen LogP contribution in [0.15, 0.2) is 30.3 Å². The Morgan fingerprint density at radius 1 is 1.11 bits per heavy atom. The third-order valence-electron chi connectivity index (χ3n) is 3.39. The van der Waals surface area contributed by atoms with Gasteiger partial charge in [0.25, 0.3) is 0 Å². The quantitative estimate of drug-likeness (QED) is 0.781. The van der Waals surface area contributed by atoms with E-state index in [1.54, 1.807) is 0 Å². The number of hydrogen-bond acceptors (Lipinski definition) is 3. The first-order valence-corrected chi connectivity index (χ1v) is 7.14. The molecule has 1 aromatic rings. The number of nitrogens with zero attached hydrogens (tertiary/aromatic N) is 2. The Hall–Kier alpha value is -1.37. The van der Waals surface area contributed by atoms with Crippen molar-refractivity contribution >= 4 is 0 Å². The Morgan fingerprint density at radius 3 is 2.16 bits per heavy atom. The van der Waals surface area contributed by atoms with Crippen LogP contribution >= 0.6 is 0 Å². The molecule has 1 rings (SSSR count). The second kappa shape index (κ2) is 7.93. The maximum absolute atomic E-state index is 9.42. The van der Waals surface area contributed by atoms with E-state index in [0.717, 1.165) is 38.0 Å². The Bertz CT molecular complexity index is 390. The molecule has 0 bridgehead atoms. The maximum Gasteiger partial charge on any atom is 0.131 e. The predicted molar refractivity (Wildman–Crippen MR) is 79.6 cm³/mol. The van der Waals surface area contributed by atoms with E-state index in [9.17, 15) is 5.26 Å². The Balaban J connectivity index is 2.69. The van der Waals surface area contributed by atoms with E-state index >= 15 is 0 Å². The molecule has 0 aliphatic carbocycles. The molecule has 3 heteroatoms. The highest BCUT2D eigenvalue weighted by Crippen LogP contribution is 2.21. The molecular formula is C16H25N3. The molecule has 1 atom stereocenters. The second-order valence-electron chi connectivity index (χ2n) is 5.04. The van der Waals surface area contributed by atoms with E-state index < -0.39 is 5.54 Å². The van der Waals surface area contributed by atoms with Gasteiger partial charge in [0.15, 0.2) is 0 Å². The van der Waals surface area contributed by atoms with Gasteiger partial charge in [-0.3, -0.25) is 0 Å². The van der Waals surface area contributed by atoms with Gasteiger partial charge in [0.05, 0.1) is 6.07 Å². The summed E-state index contributed by atoms with van der Waals surface area (Å²) < 4.78 is 0. The van der Waals surface area contributed by atoms with Crippen molar-refractivity contribution in [2.24, 2.45) is 5.73 Å². The topological polar surface area (TPSA) is 53.0 Å². The smallest absolute Gasteiger partial charge is 0.131 e. The van der Waals surface area contributed by atoms with Crippen molar-refractivity contribution < 1.29 is 0 Å². The standard InChI is InChI=1S/C16H25N3/c1-3-11-19(12-4-2)13-10-16(18,14-17)15-8-6-5-7-9-15/h5-9H,3-4,10-13,18H2,1-2H3. The first-order chi connectivity index (χ1) is 9.16. The van der Waals surface area contributed by atoms with Crippen LogP contribution in [0.25, 0.3) is 0 Å². The molecule has 2 N–H and O–H groups in total. The first-order valence-electron chi connectivity index (χ1n) is 7.14. The van der Waals surface area contributed by atoms with E-state index in [1.165, 1.54) is 0 Å². The average molecular weight is 259 g/mol. The van der Waals surface area contributed by atoms with Gasteiger partial charge in [-0.2, -0.15) is 5.26 Å². The summed E-state index contributed by atoms with van der Waals surface area (Å²) in [7, 11) is 0. The molecular weight excluding hydrogens is 234 g/mol. The third-order valence-corrected chi connectivity index (χ3v) is 3.39. The van der Waals surface area contributed by atoms with Crippen LogP contribution in [0.5, 0.6) is 0 Å². The first kappa shape index (κ1) is 15.7. The number of benzene rings is 1. The summed E-state index contributed by atoms with van der Waals surface area (Å²) in [5, 5.41) is 9.42. The van der Waals surface area contributed by atoms with Crippen LogP contribution in [-0.2, 0) is 5.54 Å². The Labute approximate surface area is 117 Å². The molecule has 0 heterocycles. The minimum Gasteiger partial charge on any atom is -0.310 e. The van der Waals surface area contributed by atoms with E-state index in [4.69, 9.17) is 5.73 Å². The van der Waals surface area contributed by atoms with Crippen molar-refractivity contribution in [3.8, 4) is 6.07 Å². The van der Waals surface area contributed by atoms with E-state index in [2.05, 4.69) is 24.8 Å². The summed E-state index contributed by atoms with van der Waals surface area (Å²) >= 11 is 0. The highest BCUT2D eigenvalue weighted by Gasteiger charge is 2.27. The highest BCUT2D eigenvalue weighted by atomic mass is 15.1. The molecule has 0 saturated carbocycles. The summed E-state index contributed by atoms with van der Waals surface area (Å²) in [5.74, 6) is 0. The van der Waals surface area contributed by atoms with Gasteiger partial charge < -0.3 is 10.6 Å². The van der Waals surface area contributed by atoms with Gasteiger partial charge in [0.2, 0.25) is 0 Å². The Morgan fingerprint density at radius 2 is 1.68 bits per heavy atom. The van der Waals surface area contributed by atoms with Crippen molar-refractivity contribution in [3.63, 3.8) is 0 Å². The van der Waals surface area contributed by atoms with E-state index in [0.29, 0.717) is 6.42 Å². The molecule has 0 amide bonds. The zero-order chi connectivity index (χ0) is 14.1. The average Bonchev–Trinajstić information content (AvgIpc) is 2.46.